The van der Waals surface area contributed by atoms with E-state index in [1.54, 1.807) is 11.3 Å². The molecule has 1 N–H and O–H groups in total. The molecule has 0 spiro atoms. The molecular weight excluding hydrogens is 280 g/mol. The van der Waals surface area contributed by atoms with Crippen LogP contribution in [0.1, 0.15) is 64.1 Å². The van der Waals surface area contributed by atoms with Gasteiger partial charge >= 0.3 is 0 Å². The van der Waals surface area contributed by atoms with E-state index in [0.29, 0.717) is 11.3 Å². The van der Waals surface area contributed by atoms with Gasteiger partial charge in [0, 0.05) is 6.54 Å². The second-order valence-corrected chi connectivity index (χ2v) is 7.39. The molecule has 1 aromatic rings. The normalized spacial score (nSPS) is 28.5. The Balaban J connectivity index is 1.84. The van der Waals surface area contributed by atoms with E-state index in [1.807, 2.05) is 0 Å². The first kappa shape index (κ1) is 15.0. The van der Waals surface area contributed by atoms with Gasteiger partial charge in [0.25, 0.3) is 0 Å². The predicted octanol–water partition coefficient (Wildman–Crippen LogP) is 3.93. The smallest absolute Gasteiger partial charge is 0.241 e. The van der Waals surface area contributed by atoms with Gasteiger partial charge in [-0.05, 0) is 53.5 Å². The summed E-state index contributed by atoms with van der Waals surface area (Å²) in [7, 11) is 0. The van der Waals surface area contributed by atoms with Crippen LogP contribution in [0.5, 0.6) is 0 Å². The van der Waals surface area contributed by atoms with Gasteiger partial charge in [-0.3, -0.25) is 10.1 Å². The Morgan fingerprint density at radius 3 is 2.71 bits per heavy atom. The fourth-order valence-electron chi connectivity index (χ4n) is 3.96. The minimum Gasteiger partial charge on any atom is -0.321 e. The summed E-state index contributed by atoms with van der Waals surface area (Å²) in [5.74, 6) is 0.299. The summed E-state index contributed by atoms with van der Waals surface area (Å²) in [5.41, 5.74) is 1.60. The number of rotatable bonds is 5. The Morgan fingerprint density at radius 2 is 2.14 bits per heavy atom. The zero-order valence-corrected chi connectivity index (χ0v) is 13.9. The van der Waals surface area contributed by atoms with Crippen molar-refractivity contribution in [2.75, 3.05) is 6.54 Å². The van der Waals surface area contributed by atoms with E-state index in [2.05, 4.69) is 40.9 Å². The Labute approximate surface area is 131 Å². The van der Waals surface area contributed by atoms with Crippen LogP contribution in [0.25, 0.3) is 0 Å². The molecule has 2 atom stereocenters. The Morgan fingerprint density at radius 1 is 1.38 bits per heavy atom. The predicted molar refractivity (Wildman–Crippen MR) is 87.2 cm³/mol. The SMILES string of the molecule is CCC1NC(c2ccsc2)N(CC2(CC)CCCC2)C1=O. The Kier molecular flexibility index (Phi) is 4.36. The standard InChI is InChI=1S/C17H26N2OS/c1-3-14-16(20)19(12-17(4-2)8-5-6-9-17)15(18-14)13-7-10-21-11-13/h7,10-11,14-15,18H,3-6,8-9,12H2,1-2H3. The molecule has 3 nitrogen and oxygen atoms in total. The molecule has 1 saturated carbocycles. The quantitative estimate of drug-likeness (QED) is 0.894. The fraction of sp³-hybridized carbons (Fsp3) is 0.706. The number of amides is 1. The molecule has 0 aromatic carbocycles. The molecule has 21 heavy (non-hydrogen) atoms. The summed E-state index contributed by atoms with van der Waals surface area (Å²) in [6.45, 7) is 5.30. The van der Waals surface area contributed by atoms with Crippen LogP contribution >= 0.6 is 11.3 Å². The molecular formula is C17H26N2OS. The summed E-state index contributed by atoms with van der Waals surface area (Å²) in [4.78, 5) is 14.9. The second kappa shape index (κ2) is 6.09. The van der Waals surface area contributed by atoms with Crippen LogP contribution in [-0.4, -0.2) is 23.4 Å². The van der Waals surface area contributed by atoms with Gasteiger partial charge in [0.2, 0.25) is 5.91 Å². The highest BCUT2D eigenvalue weighted by molar-refractivity contribution is 7.07. The number of hydrogen-bond acceptors (Lipinski definition) is 3. The van der Waals surface area contributed by atoms with Crippen molar-refractivity contribution < 1.29 is 4.79 Å². The number of thiophene rings is 1. The van der Waals surface area contributed by atoms with Gasteiger partial charge in [-0.25, -0.2) is 0 Å². The third-order valence-corrected chi connectivity index (χ3v) is 6.14. The molecule has 116 valence electrons. The first-order valence-electron chi connectivity index (χ1n) is 8.28. The lowest BCUT2D eigenvalue weighted by Gasteiger charge is -2.35. The molecule has 2 fully saturated rings. The first-order chi connectivity index (χ1) is 10.2. The lowest BCUT2D eigenvalue weighted by molar-refractivity contribution is -0.131. The van der Waals surface area contributed by atoms with Crippen LogP contribution in [0.15, 0.2) is 16.8 Å². The molecule has 1 aliphatic heterocycles. The Hall–Kier alpha value is -0.870. The zero-order chi connectivity index (χ0) is 14.9. The van der Waals surface area contributed by atoms with Crippen LogP contribution < -0.4 is 5.32 Å². The maximum absolute atomic E-state index is 12.8. The van der Waals surface area contributed by atoms with Crippen molar-refractivity contribution in [3.05, 3.63) is 22.4 Å². The largest absolute Gasteiger partial charge is 0.321 e. The van der Waals surface area contributed by atoms with Crippen LogP contribution in [0.4, 0.5) is 0 Å². The van der Waals surface area contributed by atoms with Gasteiger partial charge in [0.1, 0.15) is 6.17 Å². The molecule has 1 amide bonds. The number of carbonyl (C=O) groups is 1. The van der Waals surface area contributed by atoms with E-state index in [-0.39, 0.29) is 12.2 Å². The van der Waals surface area contributed by atoms with Gasteiger partial charge in [0.15, 0.2) is 0 Å². The summed E-state index contributed by atoms with van der Waals surface area (Å²) in [5, 5.41) is 7.81. The monoisotopic (exact) mass is 306 g/mol. The molecule has 0 radical (unpaired) electrons. The lowest BCUT2D eigenvalue weighted by atomic mass is 9.82. The minimum absolute atomic E-state index is 0.00907. The highest BCUT2D eigenvalue weighted by Gasteiger charge is 2.43. The summed E-state index contributed by atoms with van der Waals surface area (Å²) < 4.78 is 0. The van der Waals surface area contributed by atoms with E-state index in [9.17, 15) is 4.79 Å². The number of nitrogens with zero attached hydrogens (tertiary/aromatic N) is 1. The molecule has 2 aliphatic rings. The van der Waals surface area contributed by atoms with Crippen molar-refractivity contribution in [2.45, 2.75) is 64.6 Å². The van der Waals surface area contributed by atoms with Crippen molar-refractivity contribution in [2.24, 2.45) is 5.41 Å². The van der Waals surface area contributed by atoms with Crippen molar-refractivity contribution in [3.63, 3.8) is 0 Å². The topological polar surface area (TPSA) is 32.3 Å². The van der Waals surface area contributed by atoms with Crippen LogP contribution in [0, 0.1) is 5.41 Å². The van der Waals surface area contributed by atoms with E-state index in [1.165, 1.54) is 37.7 Å². The van der Waals surface area contributed by atoms with E-state index >= 15 is 0 Å². The minimum atomic E-state index is -0.00907. The Bertz CT molecular complexity index is 479. The van der Waals surface area contributed by atoms with Gasteiger partial charge < -0.3 is 4.90 Å². The summed E-state index contributed by atoms with van der Waals surface area (Å²) in [6, 6.07) is 2.14. The third-order valence-electron chi connectivity index (χ3n) is 5.44. The van der Waals surface area contributed by atoms with Gasteiger partial charge in [-0.15, -0.1) is 0 Å². The van der Waals surface area contributed by atoms with E-state index < -0.39 is 0 Å². The number of carbonyl (C=O) groups excluding carboxylic acids is 1. The van der Waals surface area contributed by atoms with Gasteiger partial charge in [-0.1, -0.05) is 26.7 Å². The molecule has 0 bridgehead atoms. The van der Waals surface area contributed by atoms with Gasteiger partial charge in [-0.2, -0.15) is 11.3 Å². The van der Waals surface area contributed by atoms with Crippen LogP contribution in [0.3, 0.4) is 0 Å². The van der Waals surface area contributed by atoms with Gasteiger partial charge in [0.05, 0.1) is 6.04 Å². The number of nitrogens with one attached hydrogen (secondary N) is 1. The van der Waals surface area contributed by atoms with Crippen molar-refractivity contribution >= 4 is 17.2 Å². The van der Waals surface area contributed by atoms with Crippen LogP contribution in [-0.2, 0) is 4.79 Å². The third kappa shape index (κ3) is 2.76. The van der Waals surface area contributed by atoms with Crippen molar-refractivity contribution in [1.82, 2.24) is 10.2 Å². The molecule has 4 heteroatoms. The molecule has 3 rings (SSSR count). The molecule has 1 saturated heterocycles. The highest BCUT2D eigenvalue weighted by atomic mass is 32.1. The summed E-state index contributed by atoms with van der Waals surface area (Å²) >= 11 is 1.71. The molecule has 1 aromatic heterocycles. The maximum Gasteiger partial charge on any atom is 0.241 e. The fourth-order valence-corrected chi connectivity index (χ4v) is 4.64. The average Bonchev–Trinajstić information content (AvgIpc) is 3.22. The molecule has 2 heterocycles. The van der Waals surface area contributed by atoms with E-state index in [0.717, 1.165) is 13.0 Å². The van der Waals surface area contributed by atoms with Crippen molar-refractivity contribution in [3.8, 4) is 0 Å². The van der Waals surface area contributed by atoms with Crippen LogP contribution in [0.2, 0.25) is 0 Å². The number of hydrogen-bond donors (Lipinski definition) is 1. The van der Waals surface area contributed by atoms with Crippen molar-refractivity contribution in [1.29, 1.82) is 0 Å². The lowest BCUT2D eigenvalue weighted by Crippen LogP contribution is -2.39. The maximum atomic E-state index is 12.8. The summed E-state index contributed by atoms with van der Waals surface area (Å²) in [6.07, 6.45) is 7.34. The second-order valence-electron chi connectivity index (χ2n) is 6.61. The average molecular weight is 306 g/mol. The molecule has 1 aliphatic carbocycles. The van der Waals surface area contributed by atoms with E-state index in [4.69, 9.17) is 0 Å². The molecule has 2 unspecified atom stereocenters. The zero-order valence-electron chi connectivity index (χ0n) is 13.1. The highest BCUT2D eigenvalue weighted by Crippen LogP contribution is 2.43. The first-order valence-corrected chi connectivity index (χ1v) is 9.22.